The van der Waals surface area contributed by atoms with Gasteiger partial charge in [-0.3, -0.25) is 20.4 Å². The molecule has 2 aromatic rings. The SMILES string of the molecule is COc1cc(C(=O)OCC(=O)NNC(=O)c2cc(Cl)ccc2OC)ccc1C. The number of halogens is 1. The Morgan fingerprint density at radius 2 is 1.68 bits per heavy atom. The average Bonchev–Trinajstić information content (AvgIpc) is 2.70. The molecule has 2 rings (SSSR count). The smallest absolute Gasteiger partial charge is 0.338 e. The van der Waals surface area contributed by atoms with Gasteiger partial charge in [-0.05, 0) is 42.8 Å². The molecule has 2 amide bonds. The summed E-state index contributed by atoms with van der Waals surface area (Å²) in [5, 5.41) is 0.333. The van der Waals surface area contributed by atoms with Crippen LogP contribution in [0.25, 0.3) is 0 Å². The van der Waals surface area contributed by atoms with Crippen LogP contribution in [0, 0.1) is 6.92 Å². The molecule has 0 spiro atoms. The molecule has 0 aliphatic heterocycles. The minimum Gasteiger partial charge on any atom is -0.496 e. The van der Waals surface area contributed by atoms with Crippen molar-refractivity contribution in [3.63, 3.8) is 0 Å². The van der Waals surface area contributed by atoms with Gasteiger partial charge in [-0.2, -0.15) is 0 Å². The summed E-state index contributed by atoms with van der Waals surface area (Å²) in [6.45, 7) is 1.25. The molecule has 2 N–H and O–H groups in total. The van der Waals surface area contributed by atoms with Crippen molar-refractivity contribution >= 4 is 29.4 Å². The number of benzene rings is 2. The highest BCUT2D eigenvalue weighted by Crippen LogP contribution is 2.22. The summed E-state index contributed by atoms with van der Waals surface area (Å²) < 4.78 is 15.1. The van der Waals surface area contributed by atoms with Crippen LogP contribution >= 0.6 is 11.6 Å². The van der Waals surface area contributed by atoms with Gasteiger partial charge in [0, 0.05) is 5.02 Å². The lowest BCUT2D eigenvalue weighted by molar-refractivity contribution is -0.125. The summed E-state index contributed by atoms with van der Waals surface area (Å²) in [7, 11) is 2.89. The zero-order valence-corrected chi connectivity index (χ0v) is 16.3. The number of esters is 1. The first kappa shape index (κ1) is 21.0. The van der Waals surface area contributed by atoms with Crippen molar-refractivity contribution in [2.24, 2.45) is 0 Å². The maximum Gasteiger partial charge on any atom is 0.338 e. The summed E-state index contributed by atoms with van der Waals surface area (Å²) in [6, 6.07) is 9.26. The van der Waals surface area contributed by atoms with Crippen LogP contribution in [0.2, 0.25) is 5.02 Å². The van der Waals surface area contributed by atoms with Gasteiger partial charge in [0.2, 0.25) is 0 Å². The van der Waals surface area contributed by atoms with E-state index >= 15 is 0 Å². The van der Waals surface area contributed by atoms with Crippen molar-refractivity contribution < 1.29 is 28.6 Å². The molecular weight excluding hydrogens is 388 g/mol. The minimum absolute atomic E-state index is 0.138. The fraction of sp³-hybridized carbons (Fsp3) is 0.211. The second kappa shape index (κ2) is 9.61. The van der Waals surface area contributed by atoms with Gasteiger partial charge in [0.1, 0.15) is 11.5 Å². The van der Waals surface area contributed by atoms with E-state index in [2.05, 4.69) is 10.9 Å². The average molecular weight is 407 g/mol. The molecule has 9 heteroatoms. The van der Waals surface area contributed by atoms with Crippen LogP contribution in [-0.4, -0.2) is 38.6 Å². The molecule has 148 valence electrons. The van der Waals surface area contributed by atoms with Crippen molar-refractivity contribution in [1.82, 2.24) is 10.9 Å². The molecule has 0 bridgehead atoms. The third-order valence-corrected chi connectivity index (χ3v) is 3.93. The molecule has 8 nitrogen and oxygen atoms in total. The van der Waals surface area contributed by atoms with E-state index in [-0.39, 0.29) is 16.9 Å². The molecule has 0 saturated heterocycles. The number of hydrogen-bond acceptors (Lipinski definition) is 6. The predicted octanol–water partition coefficient (Wildman–Crippen LogP) is 2.28. The third kappa shape index (κ3) is 5.37. The molecular formula is C19H19ClN2O6. The van der Waals surface area contributed by atoms with Gasteiger partial charge in [-0.1, -0.05) is 17.7 Å². The molecule has 0 radical (unpaired) electrons. The molecule has 0 heterocycles. The number of methoxy groups -OCH3 is 2. The van der Waals surface area contributed by atoms with E-state index in [1.807, 2.05) is 6.92 Å². The van der Waals surface area contributed by atoms with Gasteiger partial charge < -0.3 is 14.2 Å². The highest BCUT2D eigenvalue weighted by molar-refractivity contribution is 6.31. The van der Waals surface area contributed by atoms with Crippen molar-refractivity contribution in [2.75, 3.05) is 20.8 Å². The Bertz CT molecular complexity index is 900. The van der Waals surface area contributed by atoms with Crippen LogP contribution in [0.4, 0.5) is 0 Å². The number of hydrazine groups is 1. The fourth-order valence-corrected chi connectivity index (χ4v) is 2.42. The molecule has 0 aliphatic carbocycles. The maximum atomic E-state index is 12.2. The number of nitrogens with one attached hydrogen (secondary N) is 2. The number of rotatable bonds is 6. The van der Waals surface area contributed by atoms with Crippen LogP contribution in [0.15, 0.2) is 36.4 Å². The largest absolute Gasteiger partial charge is 0.496 e. The normalized spacial score (nSPS) is 10.0. The van der Waals surface area contributed by atoms with Gasteiger partial charge >= 0.3 is 5.97 Å². The van der Waals surface area contributed by atoms with Crippen molar-refractivity contribution in [3.05, 3.63) is 58.1 Å². The van der Waals surface area contributed by atoms with Crippen molar-refractivity contribution in [1.29, 1.82) is 0 Å². The minimum atomic E-state index is -0.721. The Morgan fingerprint density at radius 1 is 0.964 bits per heavy atom. The first-order chi connectivity index (χ1) is 13.3. The van der Waals surface area contributed by atoms with Crippen molar-refractivity contribution in [2.45, 2.75) is 6.92 Å². The molecule has 0 fully saturated rings. The van der Waals surface area contributed by atoms with E-state index in [0.29, 0.717) is 10.8 Å². The molecule has 2 aromatic carbocycles. The van der Waals surface area contributed by atoms with Crippen LogP contribution in [-0.2, 0) is 9.53 Å². The summed E-state index contributed by atoms with van der Waals surface area (Å²) in [4.78, 5) is 36.0. The Balaban J connectivity index is 1.88. The zero-order chi connectivity index (χ0) is 20.7. The number of amides is 2. The maximum absolute atomic E-state index is 12.2. The molecule has 0 aliphatic rings. The van der Waals surface area contributed by atoms with Crippen LogP contribution in [0.3, 0.4) is 0 Å². The van der Waals surface area contributed by atoms with Gasteiger partial charge in [-0.15, -0.1) is 0 Å². The van der Waals surface area contributed by atoms with Crippen LogP contribution in [0.5, 0.6) is 11.5 Å². The quantitative estimate of drug-likeness (QED) is 0.563. The number of hydrogen-bond donors (Lipinski definition) is 2. The van der Waals surface area contributed by atoms with Crippen LogP contribution in [0.1, 0.15) is 26.3 Å². The van der Waals surface area contributed by atoms with Gasteiger partial charge in [0.25, 0.3) is 11.8 Å². The van der Waals surface area contributed by atoms with E-state index in [1.165, 1.54) is 32.4 Å². The summed E-state index contributed by atoms with van der Waals surface area (Å²) >= 11 is 5.87. The molecule has 0 saturated carbocycles. The number of aryl methyl sites for hydroxylation is 1. The molecule has 0 unspecified atom stereocenters. The van der Waals surface area contributed by atoms with Crippen LogP contribution < -0.4 is 20.3 Å². The standard InChI is InChI=1S/C19H19ClN2O6/c1-11-4-5-12(8-16(11)27-3)19(25)28-10-17(23)21-22-18(24)14-9-13(20)6-7-15(14)26-2/h4-9H,10H2,1-3H3,(H,21,23)(H,22,24). The summed E-state index contributed by atoms with van der Waals surface area (Å²) in [5.74, 6) is -1.24. The van der Waals surface area contributed by atoms with Gasteiger partial charge in [0.05, 0.1) is 25.3 Å². The Kier molecular flexibility index (Phi) is 7.22. The van der Waals surface area contributed by atoms with E-state index < -0.39 is 24.4 Å². The Hall–Kier alpha value is -3.26. The number of carbonyl (C=O) groups is 3. The van der Waals surface area contributed by atoms with E-state index in [0.717, 1.165) is 5.56 Å². The number of carbonyl (C=O) groups excluding carboxylic acids is 3. The topological polar surface area (TPSA) is 103 Å². The van der Waals surface area contributed by atoms with E-state index in [4.69, 9.17) is 25.8 Å². The highest BCUT2D eigenvalue weighted by Gasteiger charge is 2.15. The van der Waals surface area contributed by atoms with Crippen molar-refractivity contribution in [3.8, 4) is 11.5 Å². The Labute approximate surface area is 166 Å². The zero-order valence-electron chi connectivity index (χ0n) is 15.5. The van der Waals surface area contributed by atoms with Gasteiger partial charge in [-0.25, -0.2) is 4.79 Å². The summed E-state index contributed by atoms with van der Waals surface area (Å²) in [6.07, 6.45) is 0. The van der Waals surface area contributed by atoms with Gasteiger partial charge in [0.15, 0.2) is 6.61 Å². The second-order valence-electron chi connectivity index (χ2n) is 5.61. The second-order valence-corrected chi connectivity index (χ2v) is 6.04. The van der Waals surface area contributed by atoms with E-state index in [1.54, 1.807) is 18.2 Å². The highest BCUT2D eigenvalue weighted by atomic mass is 35.5. The first-order valence-electron chi connectivity index (χ1n) is 8.10. The first-order valence-corrected chi connectivity index (χ1v) is 8.48. The Morgan fingerprint density at radius 3 is 2.36 bits per heavy atom. The lowest BCUT2D eigenvalue weighted by Gasteiger charge is -2.11. The van der Waals surface area contributed by atoms with E-state index in [9.17, 15) is 14.4 Å². The third-order valence-electron chi connectivity index (χ3n) is 3.70. The predicted molar refractivity (Wildman–Crippen MR) is 102 cm³/mol. The summed E-state index contributed by atoms with van der Waals surface area (Å²) in [5.41, 5.74) is 5.59. The monoisotopic (exact) mass is 406 g/mol. The molecule has 0 aromatic heterocycles. The molecule has 0 atom stereocenters. The lowest BCUT2D eigenvalue weighted by Crippen LogP contribution is -2.43. The fourth-order valence-electron chi connectivity index (χ4n) is 2.25. The lowest BCUT2D eigenvalue weighted by atomic mass is 10.1. The number of ether oxygens (including phenoxy) is 3. The molecule has 28 heavy (non-hydrogen) atoms.